The summed E-state index contributed by atoms with van der Waals surface area (Å²) in [4.78, 5) is 13.8. The lowest BCUT2D eigenvalue weighted by molar-refractivity contribution is -0.120. The fourth-order valence-electron chi connectivity index (χ4n) is 3.22. The number of hydrogen-bond acceptors (Lipinski definition) is 4. The van der Waals surface area contributed by atoms with Crippen LogP contribution < -0.4 is 5.32 Å². The Balaban J connectivity index is 1.72. The summed E-state index contributed by atoms with van der Waals surface area (Å²) in [6.45, 7) is 2.52. The van der Waals surface area contributed by atoms with E-state index in [1.165, 1.54) is 16.4 Å². The van der Waals surface area contributed by atoms with Gasteiger partial charge in [-0.3, -0.25) is 4.79 Å². The molecule has 0 aromatic heterocycles. The summed E-state index contributed by atoms with van der Waals surface area (Å²) >= 11 is 1.64. The molecule has 0 spiro atoms. The number of halogens is 1. The fraction of sp³-hybridized carbons (Fsp3) is 0.350. The molecular formula is C20H23FN2O3S2. The van der Waals surface area contributed by atoms with Crippen molar-refractivity contribution in [3.63, 3.8) is 0 Å². The molecule has 0 radical (unpaired) electrons. The Morgan fingerprint density at radius 1 is 1.21 bits per heavy atom. The number of para-hydroxylation sites is 1. The maximum Gasteiger partial charge on any atom is 0.243 e. The third-order valence-corrected chi connectivity index (χ3v) is 7.49. The smallest absolute Gasteiger partial charge is 0.243 e. The SMILES string of the molecule is CCSc1ccccc1NC(=O)C1CCCN(S(=O)(=O)c2ccc(F)cc2)C1. The number of anilines is 1. The minimum absolute atomic E-state index is 0.0413. The Morgan fingerprint density at radius 2 is 1.93 bits per heavy atom. The average molecular weight is 423 g/mol. The van der Waals surface area contributed by atoms with E-state index in [-0.39, 0.29) is 17.3 Å². The Morgan fingerprint density at radius 3 is 2.64 bits per heavy atom. The number of rotatable bonds is 6. The molecule has 3 rings (SSSR count). The van der Waals surface area contributed by atoms with Gasteiger partial charge < -0.3 is 5.32 Å². The molecule has 2 aromatic carbocycles. The second kappa shape index (κ2) is 9.07. The predicted octanol–water partition coefficient (Wildman–Crippen LogP) is 3.98. The zero-order valence-corrected chi connectivity index (χ0v) is 17.2. The number of amides is 1. The summed E-state index contributed by atoms with van der Waals surface area (Å²) in [5.41, 5.74) is 0.748. The fourth-order valence-corrected chi connectivity index (χ4v) is 5.50. The van der Waals surface area contributed by atoms with Gasteiger partial charge in [0.25, 0.3) is 0 Å². The van der Waals surface area contributed by atoms with Crippen LogP contribution >= 0.6 is 11.8 Å². The van der Waals surface area contributed by atoms with E-state index in [1.807, 2.05) is 31.2 Å². The first kappa shape index (κ1) is 20.8. The quantitative estimate of drug-likeness (QED) is 0.715. The van der Waals surface area contributed by atoms with Crippen molar-refractivity contribution in [3.8, 4) is 0 Å². The topological polar surface area (TPSA) is 66.5 Å². The molecule has 2 aromatic rings. The van der Waals surface area contributed by atoms with E-state index in [0.29, 0.717) is 19.4 Å². The minimum Gasteiger partial charge on any atom is -0.325 e. The molecule has 1 N–H and O–H groups in total. The van der Waals surface area contributed by atoms with Gasteiger partial charge in [0.2, 0.25) is 15.9 Å². The number of sulfonamides is 1. The predicted molar refractivity (Wildman–Crippen MR) is 109 cm³/mol. The molecule has 1 aliphatic rings. The van der Waals surface area contributed by atoms with Gasteiger partial charge in [-0.15, -0.1) is 11.8 Å². The van der Waals surface area contributed by atoms with Crippen molar-refractivity contribution in [1.29, 1.82) is 0 Å². The highest BCUT2D eigenvalue weighted by Crippen LogP contribution is 2.29. The highest BCUT2D eigenvalue weighted by Gasteiger charge is 2.33. The molecule has 0 bridgehead atoms. The Hall–Kier alpha value is -1.90. The molecule has 0 aliphatic carbocycles. The van der Waals surface area contributed by atoms with E-state index in [0.717, 1.165) is 28.5 Å². The van der Waals surface area contributed by atoms with Crippen molar-refractivity contribution in [2.24, 2.45) is 5.92 Å². The lowest BCUT2D eigenvalue weighted by atomic mass is 9.99. The van der Waals surface area contributed by atoms with E-state index in [4.69, 9.17) is 0 Å². The zero-order valence-electron chi connectivity index (χ0n) is 15.6. The third-order valence-electron chi connectivity index (χ3n) is 4.65. The summed E-state index contributed by atoms with van der Waals surface area (Å²) < 4.78 is 40.1. The van der Waals surface area contributed by atoms with E-state index < -0.39 is 21.8 Å². The summed E-state index contributed by atoms with van der Waals surface area (Å²) in [6, 6.07) is 12.4. The van der Waals surface area contributed by atoms with Crippen LogP contribution in [0.25, 0.3) is 0 Å². The summed E-state index contributed by atoms with van der Waals surface area (Å²) in [6.07, 6.45) is 1.23. The van der Waals surface area contributed by atoms with Crippen LogP contribution in [0.3, 0.4) is 0 Å². The highest BCUT2D eigenvalue weighted by atomic mass is 32.2. The molecule has 1 atom stereocenters. The number of carbonyl (C=O) groups is 1. The number of nitrogens with one attached hydrogen (secondary N) is 1. The van der Waals surface area contributed by atoms with Crippen LogP contribution in [0.2, 0.25) is 0 Å². The third kappa shape index (κ3) is 4.74. The number of piperidine rings is 1. The van der Waals surface area contributed by atoms with Crippen LogP contribution in [0.15, 0.2) is 58.3 Å². The molecule has 1 amide bonds. The van der Waals surface area contributed by atoms with Crippen LogP contribution in [0.4, 0.5) is 10.1 Å². The molecule has 28 heavy (non-hydrogen) atoms. The first-order chi connectivity index (χ1) is 13.4. The molecule has 150 valence electrons. The van der Waals surface area contributed by atoms with Gasteiger partial charge in [-0.05, 0) is 55.0 Å². The van der Waals surface area contributed by atoms with Crippen molar-refractivity contribution in [2.75, 3.05) is 24.2 Å². The number of hydrogen-bond donors (Lipinski definition) is 1. The van der Waals surface area contributed by atoms with Gasteiger partial charge in [-0.2, -0.15) is 4.31 Å². The van der Waals surface area contributed by atoms with Crippen LogP contribution in [-0.2, 0) is 14.8 Å². The van der Waals surface area contributed by atoms with Crippen LogP contribution in [0, 0.1) is 11.7 Å². The van der Waals surface area contributed by atoms with Gasteiger partial charge in [-0.1, -0.05) is 19.1 Å². The molecular weight excluding hydrogens is 399 g/mol. The van der Waals surface area contributed by atoms with E-state index in [1.54, 1.807) is 11.8 Å². The van der Waals surface area contributed by atoms with Gasteiger partial charge in [0.05, 0.1) is 16.5 Å². The van der Waals surface area contributed by atoms with Crippen molar-refractivity contribution in [1.82, 2.24) is 4.31 Å². The Labute approximate surface area is 169 Å². The van der Waals surface area contributed by atoms with Crippen LogP contribution in [0.1, 0.15) is 19.8 Å². The molecule has 1 unspecified atom stereocenters. The molecule has 0 saturated carbocycles. The van der Waals surface area contributed by atoms with E-state index in [9.17, 15) is 17.6 Å². The van der Waals surface area contributed by atoms with E-state index >= 15 is 0 Å². The molecule has 1 fully saturated rings. The largest absolute Gasteiger partial charge is 0.325 e. The van der Waals surface area contributed by atoms with Gasteiger partial charge in [-0.25, -0.2) is 12.8 Å². The minimum atomic E-state index is -3.75. The van der Waals surface area contributed by atoms with Crippen LogP contribution in [0.5, 0.6) is 0 Å². The van der Waals surface area contributed by atoms with E-state index in [2.05, 4.69) is 5.32 Å². The lowest BCUT2D eigenvalue weighted by Gasteiger charge is -2.31. The monoisotopic (exact) mass is 422 g/mol. The summed E-state index contributed by atoms with van der Waals surface area (Å²) in [5, 5.41) is 2.95. The van der Waals surface area contributed by atoms with Gasteiger partial charge in [0.1, 0.15) is 5.82 Å². The maximum absolute atomic E-state index is 13.1. The number of nitrogens with zero attached hydrogens (tertiary/aromatic N) is 1. The maximum atomic E-state index is 13.1. The molecule has 1 aliphatic heterocycles. The number of thioether (sulfide) groups is 1. The van der Waals surface area contributed by atoms with Crippen molar-refractivity contribution in [3.05, 3.63) is 54.3 Å². The lowest BCUT2D eigenvalue weighted by Crippen LogP contribution is -2.43. The summed E-state index contributed by atoms with van der Waals surface area (Å²) in [7, 11) is -3.75. The molecule has 1 saturated heterocycles. The number of benzene rings is 2. The van der Waals surface area contributed by atoms with Crippen LogP contribution in [-0.4, -0.2) is 37.5 Å². The molecule has 1 heterocycles. The van der Waals surface area contributed by atoms with Gasteiger partial charge in [0, 0.05) is 18.0 Å². The molecule has 8 heteroatoms. The second-order valence-corrected chi connectivity index (χ2v) is 9.82. The van der Waals surface area contributed by atoms with Crippen molar-refractivity contribution < 1.29 is 17.6 Å². The first-order valence-electron chi connectivity index (χ1n) is 9.20. The normalized spacial score (nSPS) is 18.0. The Bertz CT molecular complexity index is 933. The van der Waals surface area contributed by atoms with Gasteiger partial charge in [0.15, 0.2) is 0 Å². The standard InChI is InChI=1S/C20H23FN2O3S2/c1-2-27-19-8-4-3-7-18(19)22-20(24)15-6-5-13-23(14-15)28(25,26)17-11-9-16(21)10-12-17/h3-4,7-12,15H,2,5-6,13-14H2,1H3,(H,22,24). The van der Waals surface area contributed by atoms with Gasteiger partial charge >= 0.3 is 0 Å². The number of carbonyl (C=O) groups excluding carboxylic acids is 1. The van der Waals surface area contributed by atoms with Crippen molar-refractivity contribution in [2.45, 2.75) is 29.6 Å². The van der Waals surface area contributed by atoms with Crippen molar-refractivity contribution >= 4 is 33.4 Å². The summed E-state index contributed by atoms with van der Waals surface area (Å²) in [5.74, 6) is -0.203. The first-order valence-corrected chi connectivity index (χ1v) is 11.6. The highest BCUT2D eigenvalue weighted by molar-refractivity contribution is 7.99. The second-order valence-electron chi connectivity index (χ2n) is 6.57. The molecule has 5 nitrogen and oxygen atoms in total. The average Bonchev–Trinajstić information content (AvgIpc) is 2.70. The zero-order chi connectivity index (χ0) is 20.1. The Kier molecular flexibility index (Phi) is 6.74.